The number of halogens is 3. The molecule has 96 valence electrons. The predicted molar refractivity (Wildman–Crippen MR) is 73.6 cm³/mol. The summed E-state index contributed by atoms with van der Waals surface area (Å²) >= 11 is 12.0. The highest BCUT2D eigenvalue weighted by atomic mass is 35.5. The monoisotopic (exact) mass is 277 g/mol. The number of hydrogen-bond donors (Lipinski definition) is 1. The molecule has 0 bridgehead atoms. The van der Waals surface area contributed by atoms with E-state index in [-0.39, 0.29) is 0 Å². The summed E-state index contributed by atoms with van der Waals surface area (Å²) in [4.78, 5) is 0. The second-order valence-corrected chi connectivity index (χ2v) is 4.95. The largest absolute Gasteiger partial charge is 0.380 e. The first-order valence-corrected chi connectivity index (χ1v) is 6.75. The maximum Gasteiger partial charge on any atom is 0.126 e. The summed E-state index contributed by atoms with van der Waals surface area (Å²) in [7, 11) is 0. The molecule has 0 aromatic heterocycles. The lowest BCUT2D eigenvalue weighted by molar-refractivity contribution is 0.592. The molecule has 0 aliphatic heterocycles. The highest BCUT2D eigenvalue weighted by molar-refractivity contribution is 6.39. The second-order valence-electron chi connectivity index (χ2n) is 4.14. The summed E-state index contributed by atoms with van der Waals surface area (Å²) in [6.45, 7) is 4.27. The molecule has 1 atom stereocenters. The Bertz CT molecular complexity index is 345. The van der Waals surface area contributed by atoms with Crippen molar-refractivity contribution < 1.29 is 4.39 Å². The first-order valence-electron chi connectivity index (χ1n) is 5.99. The fourth-order valence-corrected chi connectivity index (χ4v) is 2.28. The quantitative estimate of drug-likeness (QED) is 0.723. The average molecular weight is 278 g/mol. The number of hydrogen-bond acceptors (Lipinski definition) is 1. The third-order valence-electron chi connectivity index (χ3n) is 2.75. The van der Waals surface area contributed by atoms with Gasteiger partial charge in [0.2, 0.25) is 0 Å². The van der Waals surface area contributed by atoms with Crippen molar-refractivity contribution in [2.45, 2.75) is 45.6 Å². The highest BCUT2D eigenvalue weighted by Gasteiger charge is 2.12. The highest BCUT2D eigenvalue weighted by Crippen LogP contribution is 2.32. The molecule has 1 N–H and O–H groups in total. The normalized spacial score (nSPS) is 12.5. The van der Waals surface area contributed by atoms with Gasteiger partial charge in [0.1, 0.15) is 5.82 Å². The molecule has 1 aromatic rings. The van der Waals surface area contributed by atoms with Crippen LogP contribution in [0.15, 0.2) is 12.1 Å². The zero-order chi connectivity index (χ0) is 12.8. The summed E-state index contributed by atoms with van der Waals surface area (Å²) in [5.41, 5.74) is 0.637. The molecule has 1 unspecified atom stereocenters. The Kier molecular flexibility index (Phi) is 6.07. The fraction of sp³-hybridized carbons (Fsp3) is 0.538. The molecule has 1 aromatic carbocycles. The number of benzene rings is 1. The molecular weight excluding hydrogens is 260 g/mol. The molecule has 0 amide bonds. The molecule has 0 aliphatic rings. The van der Waals surface area contributed by atoms with E-state index in [2.05, 4.69) is 19.2 Å². The number of anilines is 1. The van der Waals surface area contributed by atoms with Crippen LogP contribution in [-0.4, -0.2) is 6.04 Å². The predicted octanol–water partition coefficient (Wildman–Crippen LogP) is 5.51. The zero-order valence-electron chi connectivity index (χ0n) is 10.2. The molecule has 17 heavy (non-hydrogen) atoms. The number of rotatable bonds is 6. The van der Waals surface area contributed by atoms with Crippen LogP contribution in [0.5, 0.6) is 0 Å². The lowest BCUT2D eigenvalue weighted by Gasteiger charge is -2.20. The number of nitrogens with one attached hydrogen (secondary N) is 1. The van der Waals surface area contributed by atoms with Gasteiger partial charge in [0.05, 0.1) is 15.7 Å². The van der Waals surface area contributed by atoms with E-state index in [9.17, 15) is 4.39 Å². The minimum atomic E-state index is -0.410. The van der Waals surface area contributed by atoms with Crippen LogP contribution in [0.1, 0.15) is 39.5 Å². The summed E-state index contributed by atoms with van der Waals surface area (Å²) in [6.07, 6.45) is 4.37. The standard InChI is InChI=1S/C13H18Cl2FN/c1-3-5-6-10(4-2)17-13-11(14)7-9(16)8-12(13)15/h7-8,10,17H,3-6H2,1-2H3. The molecular formula is C13H18Cl2FN. The van der Waals surface area contributed by atoms with E-state index in [4.69, 9.17) is 23.2 Å². The van der Waals surface area contributed by atoms with Crippen LogP contribution in [-0.2, 0) is 0 Å². The van der Waals surface area contributed by atoms with Crippen LogP contribution < -0.4 is 5.32 Å². The molecule has 0 heterocycles. The first kappa shape index (κ1) is 14.6. The van der Waals surface area contributed by atoms with Crippen molar-refractivity contribution in [1.29, 1.82) is 0 Å². The molecule has 0 radical (unpaired) electrons. The van der Waals surface area contributed by atoms with Crippen LogP contribution in [0.25, 0.3) is 0 Å². The Morgan fingerprint density at radius 2 is 1.82 bits per heavy atom. The fourth-order valence-electron chi connectivity index (χ4n) is 1.71. The molecule has 0 fully saturated rings. The minimum Gasteiger partial charge on any atom is -0.380 e. The van der Waals surface area contributed by atoms with Crippen LogP contribution in [0.4, 0.5) is 10.1 Å². The van der Waals surface area contributed by atoms with Gasteiger partial charge in [-0.25, -0.2) is 4.39 Å². The first-order chi connectivity index (χ1) is 8.08. The van der Waals surface area contributed by atoms with E-state index in [0.29, 0.717) is 21.8 Å². The van der Waals surface area contributed by atoms with Crippen molar-refractivity contribution in [1.82, 2.24) is 0 Å². The van der Waals surface area contributed by atoms with E-state index in [1.165, 1.54) is 12.1 Å². The second kappa shape index (κ2) is 7.07. The summed E-state index contributed by atoms with van der Waals surface area (Å²) in [6, 6.07) is 2.89. The van der Waals surface area contributed by atoms with E-state index >= 15 is 0 Å². The Labute approximate surface area is 112 Å². The van der Waals surface area contributed by atoms with Crippen LogP contribution in [0.2, 0.25) is 10.0 Å². The van der Waals surface area contributed by atoms with Crippen LogP contribution in [0, 0.1) is 5.82 Å². The number of unbranched alkanes of at least 4 members (excludes halogenated alkanes) is 1. The van der Waals surface area contributed by atoms with Gasteiger partial charge in [-0.2, -0.15) is 0 Å². The smallest absolute Gasteiger partial charge is 0.126 e. The van der Waals surface area contributed by atoms with Gasteiger partial charge >= 0.3 is 0 Å². The van der Waals surface area contributed by atoms with Crippen molar-refractivity contribution in [3.05, 3.63) is 28.0 Å². The van der Waals surface area contributed by atoms with Crippen molar-refractivity contribution in [2.24, 2.45) is 0 Å². The van der Waals surface area contributed by atoms with E-state index in [1.807, 2.05) is 0 Å². The zero-order valence-corrected chi connectivity index (χ0v) is 11.7. The molecule has 0 aliphatic carbocycles. The average Bonchev–Trinajstić information content (AvgIpc) is 2.27. The summed E-state index contributed by atoms with van der Waals surface area (Å²) < 4.78 is 13.0. The Hall–Kier alpha value is -0.470. The summed E-state index contributed by atoms with van der Waals surface area (Å²) in [5.74, 6) is -0.410. The minimum absolute atomic E-state index is 0.329. The maximum absolute atomic E-state index is 13.0. The maximum atomic E-state index is 13.0. The van der Waals surface area contributed by atoms with Gasteiger partial charge < -0.3 is 5.32 Å². The van der Waals surface area contributed by atoms with Crippen molar-refractivity contribution in [3.8, 4) is 0 Å². The van der Waals surface area contributed by atoms with E-state index in [1.54, 1.807) is 0 Å². The van der Waals surface area contributed by atoms with Gasteiger partial charge in [-0.3, -0.25) is 0 Å². The Morgan fingerprint density at radius 1 is 1.24 bits per heavy atom. The molecule has 1 nitrogen and oxygen atoms in total. The third-order valence-corrected chi connectivity index (χ3v) is 3.35. The lowest BCUT2D eigenvalue weighted by atomic mass is 10.1. The van der Waals surface area contributed by atoms with Gasteiger partial charge in [-0.15, -0.1) is 0 Å². The lowest BCUT2D eigenvalue weighted by Crippen LogP contribution is -2.18. The van der Waals surface area contributed by atoms with Gasteiger partial charge in [0, 0.05) is 6.04 Å². The third kappa shape index (κ3) is 4.36. The molecule has 1 rings (SSSR count). The van der Waals surface area contributed by atoms with Gasteiger partial charge in [-0.05, 0) is 25.0 Å². The van der Waals surface area contributed by atoms with Crippen molar-refractivity contribution in [3.63, 3.8) is 0 Å². The topological polar surface area (TPSA) is 12.0 Å². The molecule has 0 saturated carbocycles. The summed E-state index contributed by atoms with van der Waals surface area (Å²) in [5, 5.41) is 3.97. The van der Waals surface area contributed by atoms with Crippen LogP contribution >= 0.6 is 23.2 Å². The van der Waals surface area contributed by atoms with Crippen LogP contribution in [0.3, 0.4) is 0 Å². The van der Waals surface area contributed by atoms with E-state index < -0.39 is 5.82 Å². The van der Waals surface area contributed by atoms with E-state index in [0.717, 1.165) is 25.7 Å². The van der Waals surface area contributed by atoms with Gasteiger partial charge in [-0.1, -0.05) is 49.9 Å². The van der Waals surface area contributed by atoms with Gasteiger partial charge in [0.15, 0.2) is 0 Å². The Morgan fingerprint density at radius 3 is 2.29 bits per heavy atom. The molecule has 0 saturated heterocycles. The molecule has 4 heteroatoms. The SMILES string of the molecule is CCCCC(CC)Nc1c(Cl)cc(F)cc1Cl. The van der Waals surface area contributed by atoms with Crippen molar-refractivity contribution in [2.75, 3.05) is 5.32 Å². The molecule has 0 spiro atoms. The Balaban J connectivity index is 2.78. The van der Waals surface area contributed by atoms with Crippen molar-refractivity contribution >= 4 is 28.9 Å². The van der Waals surface area contributed by atoms with Gasteiger partial charge in [0.25, 0.3) is 0 Å².